The molecule has 4 rings (SSSR count). The highest BCUT2D eigenvalue weighted by Crippen LogP contribution is 2.32. The van der Waals surface area contributed by atoms with Crippen molar-refractivity contribution in [3.05, 3.63) is 57.6 Å². The SMILES string of the molecule is Cc1noc(CCCNC(=O)c2cc3c(C)nn(-c4ccccc4Cl)c3s2)n1. The summed E-state index contributed by atoms with van der Waals surface area (Å²) in [5.74, 6) is 1.10. The van der Waals surface area contributed by atoms with Gasteiger partial charge in [-0.3, -0.25) is 4.79 Å². The summed E-state index contributed by atoms with van der Waals surface area (Å²) in [7, 11) is 0. The summed E-state index contributed by atoms with van der Waals surface area (Å²) in [5, 5.41) is 12.8. The first-order chi connectivity index (χ1) is 13.5. The molecule has 0 aliphatic carbocycles. The van der Waals surface area contributed by atoms with Crippen molar-refractivity contribution < 1.29 is 9.32 Å². The van der Waals surface area contributed by atoms with Crippen molar-refractivity contribution in [2.45, 2.75) is 26.7 Å². The lowest BCUT2D eigenvalue weighted by Crippen LogP contribution is -2.23. The Morgan fingerprint density at radius 2 is 2.14 bits per heavy atom. The summed E-state index contributed by atoms with van der Waals surface area (Å²) in [5.41, 5.74) is 1.66. The maximum absolute atomic E-state index is 12.5. The molecule has 144 valence electrons. The van der Waals surface area contributed by atoms with Crippen LogP contribution in [0.15, 0.2) is 34.9 Å². The molecule has 0 saturated carbocycles. The van der Waals surface area contributed by atoms with Gasteiger partial charge in [0.05, 0.1) is 21.3 Å². The Morgan fingerprint density at radius 3 is 2.89 bits per heavy atom. The zero-order valence-electron chi connectivity index (χ0n) is 15.4. The average molecular weight is 416 g/mol. The first-order valence-electron chi connectivity index (χ1n) is 8.84. The zero-order chi connectivity index (χ0) is 19.7. The summed E-state index contributed by atoms with van der Waals surface area (Å²) < 4.78 is 6.87. The number of para-hydroxylation sites is 1. The van der Waals surface area contributed by atoms with Crippen LogP contribution in [0.4, 0.5) is 0 Å². The van der Waals surface area contributed by atoms with Gasteiger partial charge in [-0.2, -0.15) is 10.1 Å². The molecule has 3 aromatic heterocycles. The van der Waals surface area contributed by atoms with Gasteiger partial charge in [-0.05, 0) is 38.5 Å². The largest absolute Gasteiger partial charge is 0.351 e. The highest BCUT2D eigenvalue weighted by atomic mass is 35.5. The fourth-order valence-electron chi connectivity index (χ4n) is 2.92. The Balaban J connectivity index is 1.47. The summed E-state index contributed by atoms with van der Waals surface area (Å²) in [6.07, 6.45) is 1.36. The monoisotopic (exact) mass is 415 g/mol. The topological polar surface area (TPSA) is 85.8 Å². The second kappa shape index (κ2) is 7.73. The fourth-order valence-corrected chi connectivity index (χ4v) is 4.22. The maximum atomic E-state index is 12.5. The van der Waals surface area contributed by atoms with Gasteiger partial charge in [0.15, 0.2) is 5.82 Å². The van der Waals surface area contributed by atoms with Crippen molar-refractivity contribution in [3.63, 3.8) is 0 Å². The van der Waals surface area contributed by atoms with E-state index in [4.69, 9.17) is 16.1 Å². The third-order valence-electron chi connectivity index (χ3n) is 4.27. The standard InChI is InChI=1S/C19H18ClN5O2S/c1-11-13-10-16(18(26)21-9-5-8-17-22-12(2)24-27-17)28-19(13)25(23-11)15-7-4-3-6-14(15)20/h3-4,6-7,10H,5,8-9H2,1-2H3,(H,21,26). The molecule has 0 bridgehead atoms. The molecule has 3 heterocycles. The molecule has 1 N–H and O–H groups in total. The smallest absolute Gasteiger partial charge is 0.261 e. The minimum Gasteiger partial charge on any atom is -0.351 e. The van der Waals surface area contributed by atoms with E-state index in [1.807, 2.05) is 37.3 Å². The molecule has 0 aliphatic rings. The number of carbonyl (C=O) groups excluding carboxylic acids is 1. The third-order valence-corrected chi connectivity index (χ3v) is 5.70. The number of rotatable bonds is 6. The number of hydrogen-bond donors (Lipinski definition) is 1. The van der Waals surface area contributed by atoms with E-state index in [2.05, 4.69) is 20.6 Å². The van der Waals surface area contributed by atoms with Crippen LogP contribution in [0.5, 0.6) is 0 Å². The second-order valence-corrected chi connectivity index (χ2v) is 7.81. The third kappa shape index (κ3) is 3.65. The molecule has 1 amide bonds. The van der Waals surface area contributed by atoms with Gasteiger partial charge in [0, 0.05) is 18.4 Å². The quantitative estimate of drug-likeness (QED) is 0.479. The van der Waals surface area contributed by atoms with Gasteiger partial charge in [-0.15, -0.1) is 11.3 Å². The fraction of sp³-hybridized carbons (Fsp3) is 0.263. The lowest BCUT2D eigenvalue weighted by Gasteiger charge is -2.04. The van der Waals surface area contributed by atoms with E-state index < -0.39 is 0 Å². The molecule has 0 fully saturated rings. The molecule has 9 heteroatoms. The summed E-state index contributed by atoms with van der Waals surface area (Å²) in [6, 6.07) is 9.41. The lowest BCUT2D eigenvalue weighted by molar-refractivity contribution is 0.0957. The summed E-state index contributed by atoms with van der Waals surface area (Å²) in [4.78, 5) is 18.2. The van der Waals surface area contributed by atoms with Gasteiger partial charge in [0.1, 0.15) is 4.83 Å². The number of carbonyl (C=O) groups is 1. The lowest BCUT2D eigenvalue weighted by atomic mass is 10.3. The predicted molar refractivity (Wildman–Crippen MR) is 108 cm³/mol. The van der Waals surface area contributed by atoms with Crippen LogP contribution < -0.4 is 5.32 Å². The number of fused-ring (bicyclic) bond motifs is 1. The van der Waals surface area contributed by atoms with Crippen LogP contribution in [0.2, 0.25) is 5.02 Å². The maximum Gasteiger partial charge on any atom is 0.261 e. The van der Waals surface area contributed by atoms with E-state index in [9.17, 15) is 4.79 Å². The van der Waals surface area contributed by atoms with Crippen molar-refractivity contribution in [1.82, 2.24) is 25.2 Å². The van der Waals surface area contributed by atoms with E-state index in [1.54, 1.807) is 11.6 Å². The van der Waals surface area contributed by atoms with E-state index in [1.165, 1.54) is 11.3 Å². The van der Waals surface area contributed by atoms with E-state index in [0.717, 1.165) is 28.0 Å². The number of aromatic nitrogens is 4. The number of aryl methyl sites for hydroxylation is 3. The predicted octanol–water partition coefficient (Wildman–Crippen LogP) is 4.10. The molecule has 0 radical (unpaired) electrons. The molecule has 28 heavy (non-hydrogen) atoms. The minimum atomic E-state index is -0.104. The Labute approximate surface area is 170 Å². The molecule has 7 nitrogen and oxygen atoms in total. The van der Waals surface area contributed by atoms with E-state index >= 15 is 0 Å². The van der Waals surface area contributed by atoms with Crippen molar-refractivity contribution in [3.8, 4) is 5.69 Å². The zero-order valence-corrected chi connectivity index (χ0v) is 17.0. The molecule has 1 aromatic carbocycles. The molecular formula is C19H18ClN5O2S. The molecule has 0 saturated heterocycles. The van der Waals surface area contributed by atoms with Gasteiger partial charge < -0.3 is 9.84 Å². The van der Waals surface area contributed by atoms with Crippen LogP contribution in [0.3, 0.4) is 0 Å². The highest BCUT2D eigenvalue weighted by molar-refractivity contribution is 7.20. The van der Waals surface area contributed by atoms with Crippen LogP contribution in [0.1, 0.15) is 33.5 Å². The Kier molecular flexibility index (Phi) is 5.15. The summed E-state index contributed by atoms with van der Waals surface area (Å²) >= 11 is 7.72. The molecule has 4 aromatic rings. The average Bonchev–Trinajstić information content (AvgIpc) is 3.36. The number of nitrogens with zero attached hydrogens (tertiary/aromatic N) is 4. The highest BCUT2D eigenvalue weighted by Gasteiger charge is 2.18. The van der Waals surface area contributed by atoms with Crippen LogP contribution in [0.25, 0.3) is 15.9 Å². The van der Waals surface area contributed by atoms with Crippen molar-refractivity contribution in [2.75, 3.05) is 6.54 Å². The Hall–Kier alpha value is -2.71. The van der Waals surface area contributed by atoms with Gasteiger partial charge in [-0.25, -0.2) is 4.68 Å². The number of thiophene rings is 1. The summed E-state index contributed by atoms with van der Waals surface area (Å²) in [6.45, 7) is 4.24. The van der Waals surface area contributed by atoms with Gasteiger partial charge in [0.25, 0.3) is 5.91 Å². The van der Waals surface area contributed by atoms with E-state index in [-0.39, 0.29) is 5.91 Å². The van der Waals surface area contributed by atoms with Crippen molar-refractivity contribution in [2.24, 2.45) is 0 Å². The van der Waals surface area contributed by atoms with Gasteiger partial charge >= 0.3 is 0 Å². The van der Waals surface area contributed by atoms with Crippen molar-refractivity contribution in [1.29, 1.82) is 0 Å². The van der Waals surface area contributed by atoms with Crippen LogP contribution in [0, 0.1) is 13.8 Å². The molecular weight excluding hydrogens is 398 g/mol. The first kappa shape index (κ1) is 18.6. The minimum absolute atomic E-state index is 0.104. The Morgan fingerprint density at radius 1 is 1.32 bits per heavy atom. The van der Waals surface area contributed by atoms with E-state index in [0.29, 0.717) is 34.6 Å². The number of benzene rings is 1. The molecule has 0 atom stereocenters. The van der Waals surface area contributed by atoms with Crippen LogP contribution in [-0.2, 0) is 6.42 Å². The number of hydrogen-bond acceptors (Lipinski definition) is 6. The molecule has 0 spiro atoms. The number of nitrogens with one attached hydrogen (secondary N) is 1. The second-order valence-electron chi connectivity index (χ2n) is 6.37. The van der Waals surface area contributed by atoms with Crippen LogP contribution >= 0.6 is 22.9 Å². The number of amides is 1. The van der Waals surface area contributed by atoms with Crippen molar-refractivity contribution >= 4 is 39.1 Å². The van der Waals surface area contributed by atoms with Gasteiger partial charge in [0.2, 0.25) is 5.89 Å². The molecule has 0 unspecified atom stereocenters. The van der Waals surface area contributed by atoms with Gasteiger partial charge in [-0.1, -0.05) is 28.9 Å². The first-order valence-corrected chi connectivity index (χ1v) is 10.0. The number of halogens is 1. The molecule has 0 aliphatic heterocycles. The Bertz CT molecular complexity index is 1150. The normalized spacial score (nSPS) is 11.2. The van der Waals surface area contributed by atoms with Crippen LogP contribution in [-0.4, -0.2) is 32.4 Å².